The number of nitrogens with two attached hydrogens (primary N) is 1. The van der Waals surface area contributed by atoms with E-state index in [1.54, 1.807) is 6.07 Å². The summed E-state index contributed by atoms with van der Waals surface area (Å²) in [7, 11) is 0. The third kappa shape index (κ3) is 3.54. The molecule has 0 spiro atoms. The van der Waals surface area contributed by atoms with E-state index in [0.717, 1.165) is 11.1 Å². The minimum absolute atomic E-state index is 0.0519. The first-order valence-electron chi connectivity index (χ1n) is 6.98. The van der Waals surface area contributed by atoms with E-state index in [1.807, 2.05) is 0 Å². The summed E-state index contributed by atoms with van der Waals surface area (Å²) >= 11 is 0. The van der Waals surface area contributed by atoms with Crippen LogP contribution in [0.5, 0.6) is 0 Å². The van der Waals surface area contributed by atoms with Crippen LogP contribution in [0.3, 0.4) is 0 Å². The molecule has 0 saturated heterocycles. The van der Waals surface area contributed by atoms with Crippen molar-refractivity contribution < 1.29 is 17.6 Å². The lowest BCUT2D eigenvalue weighted by Crippen LogP contribution is -2.33. The Morgan fingerprint density at radius 2 is 1.91 bits per heavy atom. The quantitative estimate of drug-likeness (QED) is 0.511. The number of hydrazine groups is 1. The maximum atomic E-state index is 13.7. The van der Waals surface area contributed by atoms with Crippen molar-refractivity contribution in [2.24, 2.45) is 5.84 Å². The Morgan fingerprint density at radius 3 is 2.48 bits per heavy atom. The number of rotatable bonds is 3. The van der Waals surface area contributed by atoms with Gasteiger partial charge in [0.2, 0.25) is 0 Å². The summed E-state index contributed by atoms with van der Waals surface area (Å²) in [5, 5.41) is 9.77. The molecule has 7 heteroatoms. The number of hydrogen-bond donors (Lipinski definition) is 1. The highest BCUT2D eigenvalue weighted by atomic mass is 19.4. The smallest absolute Gasteiger partial charge is 0.283 e. The van der Waals surface area contributed by atoms with Gasteiger partial charge in [0, 0.05) is 11.8 Å². The molecule has 0 amide bonds. The highest BCUT2D eigenvalue weighted by Crippen LogP contribution is 2.39. The fourth-order valence-corrected chi connectivity index (χ4v) is 2.55. The van der Waals surface area contributed by atoms with E-state index in [0.29, 0.717) is 19.3 Å². The molecule has 23 heavy (non-hydrogen) atoms. The Morgan fingerprint density at radius 1 is 1.26 bits per heavy atom. The third-order valence-electron chi connectivity index (χ3n) is 3.79. The lowest BCUT2D eigenvalue weighted by atomic mass is 9.90. The van der Waals surface area contributed by atoms with Crippen molar-refractivity contribution in [1.82, 2.24) is 0 Å². The van der Waals surface area contributed by atoms with Crippen LogP contribution in [0.1, 0.15) is 31.2 Å². The summed E-state index contributed by atoms with van der Waals surface area (Å²) in [6, 6.07) is 5.36. The normalized spacial score (nSPS) is 15.3. The van der Waals surface area contributed by atoms with Gasteiger partial charge in [-0.25, -0.2) is 10.2 Å². The summed E-state index contributed by atoms with van der Waals surface area (Å²) in [4.78, 5) is 0. The second kappa shape index (κ2) is 6.42. The summed E-state index contributed by atoms with van der Waals surface area (Å²) in [5.74, 6) is 5.15. The van der Waals surface area contributed by atoms with Crippen molar-refractivity contribution >= 4 is 5.69 Å². The Hall–Kier alpha value is -2.33. The standard InChI is InChI=1S/C16H15F4N3/c1-10(16(18,19)20)13-4-2-3-5-15(13)23(22)12-7-6-11(9-21)14(17)8-12/h6-8H,1-5,22H2. The number of hydrogen-bond acceptors (Lipinski definition) is 3. The summed E-state index contributed by atoms with van der Waals surface area (Å²) in [6.45, 7) is 3.14. The maximum Gasteiger partial charge on any atom is 0.416 e. The van der Waals surface area contributed by atoms with Crippen LogP contribution in [0, 0.1) is 17.1 Å². The second-order valence-corrected chi connectivity index (χ2v) is 5.25. The molecule has 0 radical (unpaired) electrons. The molecule has 122 valence electrons. The van der Waals surface area contributed by atoms with Crippen molar-refractivity contribution in [3.05, 3.63) is 53.0 Å². The van der Waals surface area contributed by atoms with Crippen molar-refractivity contribution in [2.45, 2.75) is 31.9 Å². The van der Waals surface area contributed by atoms with Gasteiger partial charge in [0.25, 0.3) is 0 Å². The van der Waals surface area contributed by atoms with Crippen LogP contribution < -0.4 is 10.9 Å². The Labute approximate surface area is 131 Å². The fourth-order valence-electron chi connectivity index (χ4n) is 2.55. The van der Waals surface area contributed by atoms with E-state index >= 15 is 0 Å². The third-order valence-corrected chi connectivity index (χ3v) is 3.79. The molecule has 0 aliphatic heterocycles. The zero-order chi connectivity index (χ0) is 17.2. The maximum absolute atomic E-state index is 13.7. The highest BCUT2D eigenvalue weighted by Gasteiger charge is 2.36. The van der Waals surface area contributed by atoms with Crippen LogP contribution in [-0.2, 0) is 0 Å². The van der Waals surface area contributed by atoms with Crippen molar-refractivity contribution in [3.63, 3.8) is 0 Å². The lowest BCUT2D eigenvalue weighted by molar-refractivity contribution is -0.0894. The van der Waals surface area contributed by atoms with E-state index in [4.69, 9.17) is 11.1 Å². The van der Waals surface area contributed by atoms with Crippen molar-refractivity contribution in [1.29, 1.82) is 5.26 Å². The summed E-state index contributed by atoms with van der Waals surface area (Å²) in [5.41, 5.74) is -0.555. The zero-order valence-electron chi connectivity index (χ0n) is 12.3. The fraction of sp³-hybridized carbons (Fsp3) is 0.312. The zero-order valence-corrected chi connectivity index (χ0v) is 12.3. The van der Waals surface area contributed by atoms with Gasteiger partial charge >= 0.3 is 6.18 Å². The average molecular weight is 325 g/mol. The van der Waals surface area contributed by atoms with Gasteiger partial charge in [-0.2, -0.15) is 18.4 Å². The van der Waals surface area contributed by atoms with E-state index in [9.17, 15) is 17.6 Å². The van der Waals surface area contributed by atoms with Gasteiger partial charge in [0.1, 0.15) is 11.9 Å². The molecule has 1 aromatic carbocycles. The number of alkyl halides is 3. The molecule has 1 aliphatic carbocycles. The molecular formula is C16H15F4N3. The minimum Gasteiger partial charge on any atom is -0.283 e. The van der Waals surface area contributed by atoms with Crippen LogP contribution in [0.25, 0.3) is 0 Å². The van der Waals surface area contributed by atoms with Gasteiger partial charge in [0.15, 0.2) is 0 Å². The molecule has 3 nitrogen and oxygen atoms in total. The first-order valence-corrected chi connectivity index (χ1v) is 6.98. The molecule has 0 bridgehead atoms. The first-order chi connectivity index (χ1) is 10.8. The van der Waals surface area contributed by atoms with Gasteiger partial charge in [-0.1, -0.05) is 6.58 Å². The van der Waals surface area contributed by atoms with Gasteiger partial charge in [-0.05, 0) is 43.4 Å². The molecule has 0 heterocycles. The first kappa shape index (κ1) is 17.0. The molecule has 0 atom stereocenters. The number of halogens is 4. The van der Waals surface area contributed by atoms with E-state index in [-0.39, 0.29) is 28.9 Å². The monoisotopic (exact) mass is 325 g/mol. The van der Waals surface area contributed by atoms with Crippen LogP contribution in [0.15, 0.2) is 41.6 Å². The second-order valence-electron chi connectivity index (χ2n) is 5.25. The SMILES string of the molecule is C=C(C1=C(N(N)c2ccc(C#N)c(F)c2)CCCC1)C(F)(F)F. The molecule has 0 aromatic heterocycles. The molecule has 2 N–H and O–H groups in total. The number of benzene rings is 1. The molecule has 1 aliphatic rings. The topological polar surface area (TPSA) is 53.0 Å². The van der Waals surface area contributed by atoms with Gasteiger partial charge in [0.05, 0.1) is 16.8 Å². The van der Waals surface area contributed by atoms with Crippen LogP contribution in [0.4, 0.5) is 23.2 Å². The Bertz CT molecular complexity index is 698. The van der Waals surface area contributed by atoms with E-state index in [2.05, 4.69) is 6.58 Å². The van der Waals surface area contributed by atoms with Crippen molar-refractivity contribution in [3.8, 4) is 6.07 Å². The molecule has 1 aromatic rings. The number of nitriles is 1. The Kier molecular flexibility index (Phi) is 4.76. The highest BCUT2D eigenvalue weighted by molar-refractivity contribution is 5.56. The minimum atomic E-state index is -4.53. The lowest BCUT2D eigenvalue weighted by Gasteiger charge is -2.30. The molecule has 0 fully saturated rings. The number of anilines is 1. The average Bonchev–Trinajstić information content (AvgIpc) is 2.52. The number of allylic oxidation sites excluding steroid dienone is 3. The van der Waals surface area contributed by atoms with Crippen molar-refractivity contribution in [2.75, 3.05) is 5.01 Å². The Balaban J connectivity index is 2.44. The predicted molar refractivity (Wildman–Crippen MR) is 78.5 cm³/mol. The van der Waals surface area contributed by atoms with Gasteiger partial charge in [-0.3, -0.25) is 5.01 Å². The van der Waals surface area contributed by atoms with Gasteiger partial charge < -0.3 is 0 Å². The van der Waals surface area contributed by atoms with Crippen LogP contribution in [0.2, 0.25) is 0 Å². The summed E-state index contributed by atoms with van der Waals surface area (Å²) < 4.78 is 52.5. The number of nitrogens with zero attached hydrogens (tertiary/aromatic N) is 2. The molecule has 2 rings (SSSR count). The van der Waals surface area contributed by atoms with Crippen LogP contribution >= 0.6 is 0 Å². The molecule has 0 unspecified atom stereocenters. The summed E-state index contributed by atoms with van der Waals surface area (Å²) in [6.07, 6.45) is -2.66. The van der Waals surface area contributed by atoms with Gasteiger partial charge in [-0.15, -0.1) is 0 Å². The molecular weight excluding hydrogens is 310 g/mol. The van der Waals surface area contributed by atoms with Crippen LogP contribution in [-0.4, -0.2) is 6.18 Å². The van der Waals surface area contributed by atoms with E-state index < -0.39 is 17.6 Å². The molecule has 0 saturated carbocycles. The van der Waals surface area contributed by atoms with E-state index in [1.165, 1.54) is 12.1 Å². The largest absolute Gasteiger partial charge is 0.416 e. The predicted octanol–water partition coefficient (Wildman–Crippen LogP) is 4.32.